The normalized spacial score (nSPS) is 10.4. The van der Waals surface area contributed by atoms with Crippen molar-refractivity contribution in [2.45, 2.75) is 19.8 Å². The van der Waals surface area contributed by atoms with E-state index in [1.165, 1.54) is 17.2 Å². The van der Waals surface area contributed by atoms with Gasteiger partial charge in [0.25, 0.3) is 5.56 Å². The fourth-order valence-electron chi connectivity index (χ4n) is 1.87. The van der Waals surface area contributed by atoms with Crippen molar-refractivity contribution in [3.05, 3.63) is 63.6 Å². The van der Waals surface area contributed by atoms with Crippen LogP contribution in [0.4, 0.5) is 0 Å². The molecule has 0 amide bonds. The number of aryl methyl sites for hydroxylation is 3. The molecule has 0 bridgehead atoms. The zero-order chi connectivity index (χ0) is 12.3. The molecule has 3 heteroatoms. The summed E-state index contributed by atoms with van der Waals surface area (Å²) in [6, 6.07) is 11.0. The number of aromatic nitrogens is 1. The van der Waals surface area contributed by atoms with Crippen molar-refractivity contribution in [3.8, 4) is 5.75 Å². The molecule has 2 rings (SSSR count). The van der Waals surface area contributed by atoms with Crippen molar-refractivity contribution in [2.24, 2.45) is 0 Å². The number of rotatable bonds is 3. The van der Waals surface area contributed by atoms with Crippen LogP contribution in [0.3, 0.4) is 0 Å². The second-order valence-corrected chi connectivity index (χ2v) is 4.22. The number of H-pyrrole nitrogens is 1. The van der Waals surface area contributed by atoms with Gasteiger partial charge in [0.15, 0.2) is 0 Å². The predicted molar refractivity (Wildman–Crippen MR) is 67.3 cm³/mol. The molecule has 0 saturated carbocycles. The summed E-state index contributed by atoms with van der Waals surface area (Å²) < 4.78 is 0. The standard InChI is InChI=1S/C14H15NO2/c1-10-3-2-4-11(7-10)5-6-12-8-13(16)9-14(17)15-12/h2-4,7-9H,5-6H2,1H3,(H2,15,16,17). The smallest absolute Gasteiger partial charge is 0.251 e. The summed E-state index contributed by atoms with van der Waals surface area (Å²) >= 11 is 0. The largest absolute Gasteiger partial charge is 0.508 e. The van der Waals surface area contributed by atoms with E-state index in [0.717, 1.165) is 12.1 Å². The Labute approximate surface area is 99.8 Å². The molecule has 0 aliphatic rings. The van der Waals surface area contributed by atoms with E-state index >= 15 is 0 Å². The third kappa shape index (κ3) is 3.21. The van der Waals surface area contributed by atoms with Crippen molar-refractivity contribution in [1.82, 2.24) is 4.98 Å². The average molecular weight is 229 g/mol. The van der Waals surface area contributed by atoms with E-state index in [0.29, 0.717) is 6.42 Å². The van der Waals surface area contributed by atoms with E-state index in [-0.39, 0.29) is 11.3 Å². The highest BCUT2D eigenvalue weighted by Gasteiger charge is 1.99. The number of pyridine rings is 1. The van der Waals surface area contributed by atoms with Crippen molar-refractivity contribution in [1.29, 1.82) is 0 Å². The van der Waals surface area contributed by atoms with Crippen LogP contribution in [0.25, 0.3) is 0 Å². The molecule has 88 valence electrons. The van der Waals surface area contributed by atoms with E-state index in [1.807, 2.05) is 6.07 Å². The Morgan fingerprint density at radius 1 is 1.18 bits per heavy atom. The first-order valence-electron chi connectivity index (χ1n) is 5.61. The molecule has 1 heterocycles. The maximum absolute atomic E-state index is 11.2. The van der Waals surface area contributed by atoms with Crippen LogP contribution in [0.15, 0.2) is 41.2 Å². The number of aromatic hydroxyl groups is 1. The number of hydrogen-bond acceptors (Lipinski definition) is 2. The van der Waals surface area contributed by atoms with Gasteiger partial charge in [-0.1, -0.05) is 29.8 Å². The van der Waals surface area contributed by atoms with Gasteiger partial charge in [0.05, 0.1) is 0 Å². The van der Waals surface area contributed by atoms with Crippen LogP contribution >= 0.6 is 0 Å². The molecule has 2 aromatic rings. The molecular weight excluding hydrogens is 214 g/mol. The van der Waals surface area contributed by atoms with Gasteiger partial charge < -0.3 is 10.1 Å². The van der Waals surface area contributed by atoms with Gasteiger partial charge in [-0.15, -0.1) is 0 Å². The summed E-state index contributed by atoms with van der Waals surface area (Å²) in [7, 11) is 0. The molecule has 0 aliphatic carbocycles. The molecule has 0 spiro atoms. The molecule has 1 aromatic heterocycles. The zero-order valence-electron chi connectivity index (χ0n) is 9.73. The van der Waals surface area contributed by atoms with Crippen LogP contribution < -0.4 is 5.56 Å². The molecule has 0 saturated heterocycles. The highest BCUT2D eigenvalue weighted by atomic mass is 16.3. The molecule has 1 aromatic carbocycles. The van der Waals surface area contributed by atoms with E-state index in [2.05, 4.69) is 30.1 Å². The number of hydrogen-bond donors (Lipinski definition) is 2. The van der Waals surface area contributed by atoms with Crippen LogP contribution in [0.1, 0.15) is 16.8 Å². The summed E-state index contributed by atoms with van der Waals surface area (Å²) in [6.45, 7) is 2.06. The minimum Gasteiger partial charge on any atom is -0.508 e. The fraction of sp³-hybridized carbons (Fsp3) is 0.214. The minimum atomic E-state index is -0.260. The first-order valence-corrected chi connectivity index (χ1v) is 5.61. The topological polar surface area (TPSA) is 53.1 Å². The van der Waals surface area contributed by atoms with Crippen LogP contribution in [-0.4, -0.2) is 10.1 Å². The van der Waals surface area contributed by atoms with Crippen LogP contribution in [0.2, 0.25) is 0 Å². The number of benzene rings is 1. The Bertz CT molecular complexity index is 572. The lowest BCUT2D eigenvalue weighted by Crippen LogP contribution is -2.07. The van der Waals surface area contributed by atoms with Crippen molar-refractivity contribution < 1.29 is 5.11 Å². The van der Waals surface area contributed by atoms with Gasteiger partial charge in [0.1, 0.15) is 5.75 Å². The third-order valence-electron chi connectivity index (χ3n) is 2.65. The Morgan fingerprint density at radius 3 is 2.71 bits per heavy atom. The second-order valence-electron chi connectivity index (χ2n) is 4.22. The van der Waals surface area contributed by atoms with Crippen molar-refractivity contribution in [3.63, 3.8) is 0 Å². The van der Waals surface area contributed by atoms with E-state index in [4.69, 9.17) is 0 Å². The van der Waals surface area contributed by atoms with Gasteiger partial charge in [-0.2, -0.15) is 0 Å². The molecule has 0 fully saturated rings. The van der Waals surface area contributed by atoms with Gasteiger partial charge in [-0.05, 0) is 31.4 Å². The molecule has 0 radical (unpaired) electrons. The lowest BCUT2D eigenvalue weighted by atomic mass is 10.1. The van der Waals surface area contributed by atoms with Gasteiger partial charge in [0.2, 0.25) is 0 Å². The minimum absolute atomic E-state index is 0.0213. The Hall–Kier alpha value is -2.03. The summed E-state index contributed by atoms with van der Waals surface area (Å²) in [5, 5.41) is 9.32. The van der Waals surface area contributed by atoms with Crippen LogP contribution in [-0.2, 0) is 12.8 Å². The number of aromatic amines is 1. The number of nitrogens with one attached hydrogen (secondary N) is 1. The van der Waals surface area contributed by atoms with E-state index in [1.54, 1.807) is 6.07 Å². The molecule has 0 atom stereocenters. The second kappa shape index (κ2) is 4.87. The maximum Gasteiger partial charge on any atom is 0.251 e. The fourth-order valence-corrected chi connectivity index (χ4v) is 1.87. The zero-order valence-corrected chi connectivity index (χ0v) is 9.73. The van der Waals surface area contributed by atoms with Gasteiger partial charge in [0, 0.05) is 11.8 Å². The highest BCUT2D eigenvalue weighted by Crippen LogP contribution is 2.10. The monoisotopic (exact) mass is 229 g/mol. The maximum atomic E-state index is 11.2. The van der Waals surface area contributed by atoms with E-state index in [9.17, 15) is 9.90 Å². The summed E-state index contributed by atoms with van der Waals surface area (Å²) in [6.07, 6.45) is 1.56. The highest BCUT2D eigenvalue weighted by molar-refractivity contribution is 5.25. The van der Waals surface area contributed by atoms with Gasteiger partial charge in [-0.3, -0.25) is 4.79 Å². The molecular formula is C14H15NO2. The molecule has 0 aliphatic heterocycles. The molecule has 3 nitrogen and oxygen atoms in total. The summed E-state index contributed by atoms with van der Waals surface area (Å²) in [4.78, 5) is 13.9. The predicted octanol–water partition coefficient (Wildman–Crippen LogP) is 2.17. The van der Waals surface area contributed by atoms with Crippen molar-refractivity contribution >= 4 is 0 Å². The lowest BCUT2D eigenvalue weighted by Gasteiger charge is -2.03. The van der Waals surface area contributed by atoms with Gasteiger partial charge >= 0.3 is 0 Å². The van der Waals surface area contributed by atoms with Crippen LogP contribution in [0.5, 0.6) is 5.75 Å². The molecule has 0 unspecified atom stereocenters. The van der Waals surface area contributed by atoms with Crippen LogP contribution in [0, 0.1) is 6.92 Å². The Morgan fingerprint density at radius 2 is 2.00 bits per heavy atom. The summed E-state index contributed by atoms with van der Waals surface area (Å²) in [5.41, 5.74) is 2.96. The Kier molecular flexibility index (Phi) is 3.28. The first kappa shape index (κ1) is 11.5. The third-order valence-corrected chi connectivity index (χ3v) is 2.65. The average Bonchev–Trinajstić information content (AvgIpc) is 2.25. The van der Waals surface area contributed by atoms with E-state index < -0.39 is 0 Å². The van der Waals surface area contributed by atoms with Gasteiger partial charge in [-0.25, -0.2) is 0 Å². The quantitative estimate of drug-likeness (QED) is 0.847. The molecule has 2 N–H and O–H groups in total. The summed E-state index contributed by atoms with van der Waals surface area (Å²) in [5.74, 6) is 0.0213. The first-order chi connectivity index (χ1) is 8.13. The molecule has 17 heavy (non-hydrogen) atoms. The van der Waals surface area contributed by atoms with Crippen molar-refractivity contribution in [2.75, 3.05) is 0 Å². The lowest BCUT2D eigenvalue weighted by molar-refractivity contribution is 0.472. The SMILES string of the molecule is Cc1cccc(CCc2cc(O)cc(=O)[nH]2)c1. The Balaban J connectivity index is 2.09.